The van der Waals surface area contributed by atoms with E-state index in [9.17, 15) is 14.4 Å². The number of anilines is 1. The van der Waals surface area contributed by atoms with Crippen molar-refractivity contribution < 1.29 is 19.1 Å². The van der Waals surface area contributed by atoms with Crippen LogP contribution in [0.5, 0.6) is 0 Å². The van der Waals surface area contributed by atoms with Crippen LogP contribution in [0.1, 0.15) is 38.3 Å². The molecule has 0 aliphatic heterocycles. The number of hydrogen-bond donors (Lipinski definition) is 3. The Balaban J connectivity index is 1.70. The predicted octanol–water partition coefficient (Wildman–Crippen LogP) is 4.16. The van der Waals surface area contributed by atoms with Crippen molar-refractivity contribution >= 4 is 39.5 Å². The van der Waals surface area contributed by atoms with Gasteiger partial charge in [-0.1, -0.05) is 40.2 Å². The van der Waals surface area contributed by atoms with Crippen molar-refractivity contribution in [3.8, 4) is 0 Å². The van der Waals surface area contributed by atoms with Crippen LogP contribution in [0.25, 0.3) is 0 Å². The van der Waals surface area contributed by atoms with Crippen LogP contribution in [0.4, 0.5) is 10.5 Å². The fraction of sp³-hybridized carbons (Fsp3) is 0.348. The molecule has 166 valence electrons. The second kappa shape index (κ2) is 11.5. The van der Waals surface area contributed by atoms with Gasteiger partial charge in [0.25, 0.3) is 0 Å². The lowest BCUT2D eigenvalue weighted by Crippen LogP contribution is -2.39. The molecule has 0 aliphatic rings. The van der Waals surface area contributed by atoms with Gasteiger partial charge in [0.2, 0.25) is 11.8 Å². The number of aryl methyl sites for hydroxylation is 1. The number of rotatable bonds is 8. The highest BCUT2D eigenvalue weighted by molar-refractivity contribution is 9.10. The van der Waals surface area contributed by atoms with Crippen molar-refractivity contribution in [2.24, 2.45) is 0 Å². The van der Waals surface area contributed by atoms with Gasteiger partial charge in [-0.2, -0.15) is 0 Å². The minimum absolute atomic E-state index is 0.0582. The molecule has 31 heavy (non-hydrogen) atoms. The number of amides is 3. The van der Waals surface area contributed by atoms with Crippen LogP contribution in [-0.2, 0) is 27.3 Å². The first-order valence-electron chi connectivity index (χ1n) is 9.97. The number of benzene rings is 2. The van der Waals surface area contributed by atoms with Gasteiger partial charge in [-0.3, -0.25) is 9.59 Å². The first-order chi connectivity index (χ1) is 14.6. The lowest BCUT2D eigenvalue weighted by Gasteiger charge is -2.19. The van der Waals surface area contributed by atoms with Gasteiger partial charge in [0, 0.05) is 23.1 Å². The second-order valence-corrected chi connectivity index (χ2v) is 8.92. The largest absolute Gasteiger partial charge is 0.444 e. The molecule has 8 heteroatoms. The third kappa shape index (κ3) is 10.1. The van der Waals surface area contributed by atoms with Crippen molar-refractivity contribution in [2.75, 3.05) is 11.9 Å². The standard InChI is InChI=1S/C23H28BrN3O4/c1-23(2,3)31-22(30)26-15-21(29)25-14-17-6-11-19(12-7-17)27-20(28)13-8-16-4-9-18(24)10-5-16/h4-7,9-12H,8,13-15H2,1-3H3,(H,25,29)(H,26,30)(H,27,28). The molecule has 2 rings (SSSR count). The quantitative estimate of drug-likeness (QED) is 0.518. The molecule has 0 saturated heterocycles. The van der Waals surface area contributed by atoms with E-state index in [0.29, 0.717) is 25.1 Å². The maximum Gasteiger partial charge on any atom is 0.408 e. The second-order valence-electron chi connectivity index (χ2n) is 8.00. The number of alkyl carbamates (subject to hydrolysis) is 1. The minimum Gasteiger partial charge on any atom is -0.444 e. The van der Waals surface area contributed by atoms with Crippen LogP contribution < -0.4 is 16.0 Å². The summed E-state index contributed by atoms with van der Waals surface area (Å²) < 4.78 is 6.09. The molecule has 0 spiro atoms. The summed E-state index contributed by atoms with van der Waals surface area (Å²) in [7, 11) is 0. The van der Waals surface area contributed by atoms with Gasteiger partial charge in [0.05, 0.1) is 0 Å². The zero-order valence-electron chi connectivity index (χ0n) is 18.0. The summed E-state index contributed by atoms with van der Waals surface area (Å²) in [5, 5.41) is 8.00. The van der Waals surface area contributed by atoms with Gasteiger partial charge >= 0.3 is 6.09 Å². The molecule has 7 nitrogen and oxygen atoms in total. The summed E-state index contributed by atoms with van der Waals surface area (Å²) in [6.07, 6.45) is 0.424. The van der Waals surface area contributed by atoms with Gasteiger partial charge in [-0.15, -0.1) is 0 Å². The van der Waals surface area contributed by atoms with E-state index in [1.54, 1.807) is 32.9 Å². The van der Waals surface area contributed by atoms with Crippen LogP contribution in [0, 0.1) is 0 Å². The van der Waals surface area contributed by atoms with Gasteiger partial charge in [-0.25, -0.2) is 4.79 Å². The molecule has 0 bridgehead atoms. The molecule has 2 aromatic rings. The number of halogens is 1. The highest BCUT2D eigenvalue weighted by atomic mass is 79.9. The third-order valence-corrected chi connectivity index (χ3v) is 4.60. The van der Waals surface area contributed by atoms with E-state index in [-0.39, 0.29) is 18.4 Å². The van der Waals surface area contributed by atoms with E-state index in [1.165, 1.54) is 0 Å². The van der Waals surface area contributed by atoms with Crippen molar-refractivity contribution in [3.05, 3.63) is 64.1 Å². The SMILES string of the molecule is CC(C)(C)OC(=O)NCC(=O)NCc1ccc(NC(=O)CCc2ccc(Br)cc2)cc1. The fourth-order valence-corrected chi connectivity index (χ4v) is 2.83. The Morgan fingerprint density at radius 1 is 0.871 bits per heavy atom. The van der Waals surface area contributed by atoms with Gasteiger partial charge < -0.3 is 20.7 Å². The zero-order valence-corrected chi connectivity index (χ0v) is 19.5. The third-order valence-electron chi connectivity index (χ3n) is 4.07. The Morgan fingerprint density at radius 3 is 2.10 bits per heavy atom. The van der Waals surface area contributed by atoms with Crippen LogP contribution in [0.15, 0.2) is 53.0 Å². The molecule has 0 aromatic heterocycles. The summed E-state index contributed by atoms with van der Waals surface area (Å²) in [5.74, 6) is -0.381. The number of carbonyl (C=O) groups excluding carboxylic acids is 3. The average molecular weight is 490 g/mol. The van der Waals surface area contributed by atoms with Crippen molar-refractivity contribution in [1.29, 1.82) is 0 Å². The summed E-state index contributed by atoms with van der Waals surface area (Å²) in [5.41, 5.74) is 2.06. The van der Waals surface area contributed by atoms with Crippen LogP contribution in [-0.4, -0.2) is 30.1 Å². The predicted molar refractivity (Wildman–Crippen MR) is 124 cm³/mol. The van der Waals surface area contributed by atoms with E-state index in [1.807, 2.05) is 36.4 Å². The average Bonchev–Trinajstić information content (AvgIpc) is 2.70. The van der Waals surface area contributed by atoms with Crippen LogP contribution in [0.3, 0.4) is 0 Å². The molecule has 3 amide bonds. The van der Waals surface area contributed by atoms with Crippen molar-refractivity contribution in [3.63, 3.8) is 0 Å². The minimum atomic E-state index is -0.636. The van der Waals surface area contributed by atoms with Crippen molar-refractivity contribution in [1.82, 2.24) is 10.6 Å². The highest BCUT2D eigenvalue weighted by Gasteiger charge is 2.16. The highest BCUT2D eigenvalue weighted by Crippen LogP contribution is 2.13. The molecule has 2 aromatic carbocycles. The van der Waals surface area contributed by atoms with E-state index in [4.69, 9.17) is 4.74 Å². The lowest BCUT2D eigenvalue weighted by atomic mass is 10.1. The summed E-state index contributed by atoms with van der Waals surface area (Å²) >= 11 is 3.39. The number of hydrogen-bond acceptors (Lipinski definition) is 4. The van der Waals surface area contributed by atoms with Gasteiger partial charge in [0.1, 0.15) is 12.1 Å². The van der Waals surface area contributed by atoms with E-state index in [0.717, 1.165) is 15.6 Å². The molecule has 0 saturated carbocycles. The molecular weight excluding hydrogens is 462 g/mol. The van der Waals surface area contributed by atoms with Crippen molar-refractivity contribution in [2.45, 2.75) is 45.8 Å². The number of nitrogens with one attached hydrogen (secondary N) is 3. The number of carbonyl (C=O) groups is 3. The molecule has 0 atom stereocenters. The first kappa shape index (κ1) is 24.4. The van der Waals surface area contributed by atoms with E-state index in [2.05, 4.69) is 31.9 Å². The van der Waals surface area contributed by atoms with E-state index >= 15 is 0 Å². The zero-order chi connectivity index (χ0) is 22.9. The molecule has 0 aliphatic carbocycles. The Labute approximate surface area is 191 Å². The Hall–Kier alpha value is -2.87. The maximum absolute atomic E-state index is 12.1. The summed E-state index contributed by atoms with van der Waals surface area (Å²) in [4.78, 5) is 35.6. The smallest absolute Gasteiger partial charge is 0.408 e. The Morgan fingerprint density at radius 2 is 1.48 bits per heavy atom. The first-order valence-corrected chi connectivity index (χ1v) is 10.8. The molecule has 0 fully saturated rings. The summed E-state index contributed by atoms with van der Waals surface area (Å²) in [6, 6.07) is 15.1. The lowest BCUT2D eigenvalue weighted by molar-refractivity contribution is -0.120. The monoisotopic (exact) mass is 489 g/mol. The normalized spacial score (nSPS) is 10.8. The van der Waals surface area contributed by atoms with Crippen LogP contribution >= 0.6 is 15.9 Å². The van der Waals surface area contributed by atoms with Crippen LogP contribution in [0.2, 0.25) is 0 Å². The Bertz CT molecular complexity index is 891. The van der Waals surface area contributed by atoms with E-state index < -0.39 is 11.7 Å². The fourth-order valence-electron chi connectivity index (χ4n) is 2.57. The molecule has 0 heterocycles. The number of ether oxygens (including phenoxy) is 1. The van der Waals surface area contributed by atoms with Gasteiger partial charge in [-0.05, 0) is 62.6 Å². The molecular formula is C23H28BrN3O4. The summed E-state index contributed by atoms with van der Waals surface area (Å²) in [6.45, 7) is 5.40. The topological polar surface area (TPSA) is 96.5 Å². The molecule has 0 radical (unpaired) electrons. The Kier molecular flexibility index (Phi) is 9.05. The maximum atomic E-state index is 12.1. The molecule has 0 unspecified atom stereocenters. The van der Waals surface area contributed by atoms with Gasteiger partial charge in [0.15, 0.2) is 0 Å². The molecule has 3 N–H and O–H groups in total.